The van der Waals surface area contributed by atoms with Crippen LogP contribution in [0, 0.1) is 23.2 Å². The van der Waals surface area contributed by atoms with Crippen molar-refractivity contribution in [1.82, 2.24) is 15.3 Å². The van der Waals surface area contributed by atoms with Gasteiger partial charge in [0.15, 0.2) is 0 Å². The van der Waals surface area contributed by atoms with Crippen molar-refractivity contribution in [2.45, 2.75) is 51.5 Å². The molecule has 4 aliphatic rings. The van der Waals surface area contributed by atoms with E-state index in [9.17, 15) is 4.79 Å². The summed E-state index contributed by atoms with van der Waals surface area (Å²) in [6.07, 6.45) is 12.9. The summed E-state index contributed by atoms with van der Waals surface area (Å²) in [7, 11) is 0. The third-order valence-corrected chi connectivity index (χ3v) is 6.15. The summed E-state index contributed by atoms with van der Waals surface area (Å²) in [5.74, 6) is 2.65. The quantitative estimate of drug-likeness (QED) is 0.929. The number of carbonyl (C=O) groups is 1. The highest BCUT2D eigenvalue weighted by Gasteiger charge is 2.53. The van der Waals surface area contributed by atoms with Crippen LogP contribution >= 0.6 is 0 Å². The van der Waals surface area contributed by atoms with Gasteiger partial charge < -0.3 is 5.32 Å². The Morgan fingerprint density at radius 2 is 1.81 bits per heavy atom. The summed E-state index contributed by atoms with van der Waals surface area (Å²) in [6, 6.07) is 0.236. The van der Waals surface area contributed by atoms with Gasteiger partial charge in [0, 0.05) is 18.4 Å². The van der Waals surface area contributed by atoms with Crippen LogP contribution in [0.15, 0.2) is 18.6 Å². The van der Waals surface area contributed by atoms with Crippen LogP contribution in [0.4, 0.5) is 0 Å². The molecule has 1 amide bonds. The van der Waals surface area contributed by atoms with E-state index in [-0.39, 0.29) is 11.9 Å². The van der Waals surface area contributed by atoms with Crippen molar-refractivity contribution in [2.24, 2.45) is 23.2 Å². The molecule has 112 valence electrons. The van der Waals surface area contributed by atoms with Crippen LogP contribution in [0.2, 0.25) is 0 Å². The van der Waals surface area contributed by atoms with Gasteiger partial charge in [-0.3, -0.25) is 9.78 Å². The maximum Gasteiger partial charge on any atom is 0.271 e. The maximum atomic E-state index is 12.3. The first-order valence-corrected chi connectivity index (χ1v) is 8.21. The largest absolute Gasteiger partial charge is 0.348 e. The van der Waals surface area contributed by atoms with E-state index in [1.807, 2.05) is 0 Å². The van der Waals surface area contributed by atoms with E-state index < -0.39 is 0 Å². The van der Waals surface area contributed by atoms with Crippen LogP contribution < -0.4 is 5.32 Å². The lowest BCUT2D eigenvalue weighted by Gasteiger charge is -2.59. The van der Waals surface area contributed by atoms with E-state index in [0.717, 1.165) is 17.8 Å². The zero-order valence-corrected chi connectivity index (χ0v) is 12.6. The van der Waals surface area contributed by atoms with Crippen molar-refractivity contribution in [3.63, 3.8) is 0 Å². The predicted molar refractivity (Wildman–Crippen MR) is 79.6 cm³/mol. The average molecular weight is 285 g/mol. The van der Waals surface area contributed by atoms with E-state index in [1.165, 1.54) is 38.5 Å². The molecule has 4 saturated carbocycles. The number of carbonyl (C=O) groups excluding carboxylic acids is 1. The van der Waals surface area contributed by atoms with Crippen molar-refractivity contribution in [3.05, 3.63) is 24.3 Å². The molecule has 1 aromatic rings. The number of aromatic nitrogens is 2. The van der Waals surface area contributed by atoms with Gasteiger partial charge in [-0.05, 0) is 68.6 Å². The van der Waals surface area contributed by atoms with Gasteiger partial charge in [0.2, 0.25) is 0 Å². The predicted octanol–water partition coefficient (Wildman–Crippen LogP) is 2.81. The molecule has 0 aromatic carbocycles. The minimum atomic E-state index is -0.0775. The van der Waals surface area contributed by atoms with E-state index in [1.54, 1.807) is 18.6 Å². The molecule has 4 aliphatic carbocycles. The summed E-state index contributed by atoms with van der Waals surface area (Å²) in [6.45, 7) is 2.20. The molecule has 1 aromatic heterocycles. The zero-order chi connectivity index (χ0) is 14.4. The summed E-state index contributed by atoms with van der Waals surface area (Å²) in [4.78, 5) is 20.4. The highest BCUT2D eigenvalue weighted by molar-refractivity contribution is 5.92. The number of hydrogen-bond donors (Lipinski definition) is 1. The molecule has 0 spiro atoms. The molecule has 4 fully saturated rings. The fourth-order valence-electron chi connectivity index (χ4n) is 5.55. The molecular formula is C17H23N3O. The Hall–Kier alpha value is -1.45. The normalized spacial score (nSPS) is 38.2. The van der Waals surface area contributed by atoms with Crippen molar-refractivity contribution in [2.75, 3.05) is 0 Å². The minimum Gasteiger partial charge on any atom is -0.348 e. The van der Waals surface area contributed by atoms with Gasteiger partial charge in [-0.1, -0.05) is 0 Å². The second-order valence-corrected chi connectivity index (χ2v) is 7.57. The van der Waals surface area contributed by atoms with Crippen LogP contribution in [-0.4, -0.2) is 21.9 Å². The van der Waals surface area contributed by atoms with Crippen LogP contribution in [0.5, 0.6) is 0 Å². The average Bonchev–Trinajstić information content (AvgIpc) is 2.46. The van der Waals surface area contributed by atoms with Gasteiger partial charge in [0.25, 0.3) is 5.91 Å². The molecule has 1 heterocycles. The van der Waals surface area contributed by atoms with Gasteiger partial charge in [-0.15, -0.1) is 0 Å². The molecule has 4 bridgehead atoms. The van der Waals surface area contributed by atoms with Crippen molar-refractivity contribution >= 4 is 5.91 Å². The Morgan fingerprint density at radius 3 is 2.33 bits per heavy atom. The monoisotopic (exact) mass is 285 g/mol. The van der Waals surface area contributed by atoms with E-state index >= 15 is 0 Å². The molecule has 4 nitrogen and oxygen atoms in total. The Bertz CT molecular complexity index is 507. The molecule has 5 rings (SSSR count). The fraction of sp³-hybridized carbons (Fsp3) is 0.706. The Kier molecular flexibility index (Phi) is 3.02. The molecule has 21 heavy (non-hydrogen) atoms. The summed E-state index contributed by atoms with van der Waals surface area (Å²) in [5, 5.41) is 3.21. The van der Waals surface area contributed by atoms with Crippen LogP contribution in [0.1, 0.15) is 55.9 Å². The molecule has 0 unspecified atom stereocenters. The van der Waals surface area contributed by atoms with E-state index in [4.69, 9.17) is 0 Å². The maximum absolute atomic E-state index is 12.3. The van der Waals surface area contributed by atoms with Gasteiger partial charge in [-0.25, -0.2) is 4.98 Å². The summed E-state index contributed by atoms with van der Waals surface area (Å²) < 4.78 is 0. The molecule has 4 heteroatoms. The number of amides is 1. The van der Waals surface area contributed by atoms with Crippen molar-refractivity contribution in [1.29, 1.82) is 0 Å². The first kappa shape index (κ1) is 13.2. The lowest BCUT2D eigenvalue weighted by molar-refractivity contribution is -0.0688. The van der Waals surface area contributed by atoms with E-state index in [2.05, 4.69) is 22.2 Å². The van der Waals surface area contributed by atoms with Crippen LogP contribution in [-0.2, 0) is 0 Å². The summed E-state index contributed by atoms with van der Waals surface area (Å²) >= 11 is 0. The van der Waals surface area contributed by atoms with Crippen molar-refractivity contribution < 1.29 is 4.79 Å². The number of hydrogen-bond acceptors (Lipinski definition) is 3. The molecule has 0 radical (unpaired) electrons. The third kappa shape index (κ3) is 2.25. The lowest BCUT2D eigenvalue weighted by atomic mass is 9.48. The first-order valence-electron chi connectivity index (χ1n) is 8.21. The smallest absolute Gasteiger partial charge is 0.271 e. The zero-order valence-electron chi connectivity index (χ0n) is 12.6. The molecule has 0 saturated heterocycles. The van der Waals surface area contributed by atoms with Gasteiger partial charge in [-0.2, -0.15) is 0 Å². The molecule has 0 aliphatic heterocycles. The van der Waals surface area contributed by atoms with Crippen LogP contribution in [0.25, 0.3) is 0 Å². The standard InChI is InChI=1S/C17H23N3O/c1-11(20-16(21)15-10-18-2-3-19-15)17-7-12-4-13(8-17)6-14(5-12)9-17/h2-3,10-14H,4-9H2,1H3,(H,20,21)/t11-,12?,13?,14?,17?/m1/s1. The molecule has 1 atom stereocenters. The van der Waals surface area contributed by atoms with Gasteiger partial charge >= 0.3 is 0 Å². The first-order chi connectivity index (χ1) is 10.1. The van der Waals surface area contributed by atoms with Gasteiger partial charge in [0.05, 0.1) is 6.20 Å². The SMILES string of the molecule is C[C@@H](NC(=O)c1cnccn1)C12CC3CC(CC(C3)C1)C2. The van der Waals surface area contributed by atoms with Crippen molar-refractivity contribution in [3.8, 4) is 0 Å². The van der Waals surface area contributed by atoms with E-state index in [0.29, 0.717) is 11.1 Å². The number of nitrogens with one attached hydrogen (secondary N) is 1. The highest BCUT2D eigenvalue weighted by Crippen LogP contribution is 2.61. The Morgan fingerprint density at radius 1 is 1.19 bits per heavy atom. The summed E-state index contributed by atoms with van der Waals surface area (Å²) in [5.41, 5.74) is 0.765. The fourth-order valence-corrected chi connectivity index (χ4v) is 5.55. The third-order valence-electron chi connectivity index (χ3n) is 6.15. The minimum absolute atomic E-state index is 0.0775. The topological polar surface area (TPSA) is 54.9 Å². The number of rotatable bonds is 3. The Balaban J connectivity index is 1.50. The second-order valence-electron chi connectivity index (χ2n) is 7.57. The highest BCUT2D eigenvalue weighted by atomic mass is 16.1. The molecule has 1 N–H and O–H groups in total. The molecular weight excluding hydrogens is 262 g/mol. The van der Waals surface area contributed by atoms with Gasteiger partial charge in [0.1, 0.15) is 5.69 Å². The number of nitrogens with zero attached hydrogens (tertiary/aromatic N) is 2. The Labute approximate surface area is 125 Å². The lowest BCUT2D eigenvalue weighted by Crippen LogP contribution is -2.55. The second kappa shape index (κ2) is 4.79. The van der Waals surface area contributed by atoms with Crippen LogP contribution in [0.3, 0.4) is 0 Å².